The number of hydrogen-bond donors (Lipinski definition) is 1. The van der Waals surface area contributed by atoms with Crippen molar-refractivity contribution in [1.29, 1.82) is 0 Å². The van der Waals surface area contributed by atoms with Crippen LogP contribution in [0.4, 0.5) is 17.6 Å². The van der Waals surface area contributed by atoms with Gasteiger partial charge in [-0.25, -0.2) is 9.18 Å². The van der Waals surface area contributed by atoms with Gasteiger partial charge in [0.2, 0.25) is 0 Å². The number of likely N-dealkylation sites (tertiary alicyclic amines) is 2. The molecule has 2 aliphatic rings. The summed E-state index contributed by atoms with van der Waals surface area (Å²) in [6.45, 7) is 3.29. The molecular weight excluding hydrogens is 444 g/mol. The summed E-state index contributed by atoms with van der Waals surface area (Å²) in [7, 11) is 3.89. The van der Waals surface area contributed by atoms with Crippen molar-refractivity contribution in [3.8, 4) is 0 Å². The van der Waals surface area contributed by atoms with E-state index in [4.69, 9.17) is 26.2 Å². The molecule has 1 aromatic rings. The first-order valence-corrected chi connectivity index (χ1v) is 10.00. The number of methoxy groups -OCH3 is 1. The zero-order chi connectivity index (χ0) is 23.4. The fourth-order valence-electron chi connectivity index (χ4n) is 4.12. The number of amides is 1. The largest absolute Gasteiger partial charge is 0.490 e. The predicted molar refractivity (Wildman–Crippen MR) is 106 cm³/mol. The number of carbonyl (C=O) groups excluding carboxylic acids is 1. The van der Waals surface area contributed by atoms with Gasteiger partial charge in [-0.05, 0) is 49.9 Å². The third kappa shape index (κ3) is 6.54. The van der Waals surface area contributed by atoms with Crippen molar-refractivity contribution in [1.82, 2.24) is 9.80 Å². The Kier molecular flexibility index (Phi) is 8.29. The van der Waals surface area contributed by atoms with E-state index < -0.39 is 18.0 Å². The maximum Gasteiger partial charge on any atom is 0.490 e. The number of aliphatic carboxylic acids is 1. The number of rotatable bonds is 3. The Morgan fingerprint density at radius 1 is 1.29 bits per heavy atom. The number of carboxylic acid groups (broad SMARTS) is 1. The Morgan fingerprint density at radius 2 is 1.87 bits per heavy atom. The van der Waals surface area contributed by atoms with E-state index in [2.05, 4.69) is 11.9 Å². The van der Waals surface area contributed by atoms with Crippen molar-refractivity contribution in [2.75, 3.05) is 40.4 Å². The summed E-state index contributed by atoms with van der Waals surface area (Å²) in [6, 6.07) is 4.64. The maximum absolute atomic E-state index is 13.3. The lowest BCUT2D eigenvalue weighted by atomic mass is 9.76. The molecule has 0 aromatic heterocycles. The highest BCUT2D eigenvalue weighted by molar-refractivity contribution is 6.31. The van der Waals surface area contributed by atoms with E-state index in [1.54, 1.807) is 7.11 Å². The molecule has 2 aliphatic heterocycles. The van der Waals surface area contributed by atoms with Crippen LogP contribution in [0, 0.1) is 11.2 Å². The van der Waals surface area contributed by atoms with Gasteiger partial charge in [-0.3, -0.25) is 4.79 Å². The van der Waals surface area contributed by atoms with Crippen LogP contribution in [-0.4, -0.2) is 79.4 Å². The summed E-state index contributed by atoms with van der Waals surface area (Å²) < 4.78 is 50.3. The number of halogens is 5. The summed E-state index contributed by atoms with van der Waals surface area (Å²) in [6.07, 6.45) is -1.96. The van der Waals surface area contributed by atoms with Gasteiger partial charge >= 0.3 is 12.1 Å². The van der Waals surface area contributed by atoms with Crippen molar-refractivity contribution < 1.29 is 37.0 Å². The smallest absolute Gasteiger partial charge is 0.475 e. The fraction of sp³-hybridized carbons (Fsp3) is 0.600. The van der Waals surface area contributed by atoms with Crippen molar-refractivity contribution in [3.05, 3.63) is 34.6 Å². The highest BCUT2D eigenvalue weighted by Gasteiger charge is 2.44. The Bertz CT molecular complexity index is 798. The summed E-state index contributed by atoms with van der Waals surface area (Å²) in [5, 5.41) is 7.12. The first-order valence-electron chi connectivity index (χ1n) is 9.62. The van der Waals surface area contributed by atoms with Crippen LogP contribution in [0.15, 0.2) is 18.2 Å². The second-order valence-electron chi connectivity index (χ2n) is 7.95. The Balaban J connectivity index is 0.000000423. The molecule has 2 heterocycles. The third-order valence-corrected chi connectivity index (χ3v) is 6.05. The normalized spacial score (nSPS) is 21.0. The second-order valence-corrected chi connectivity index (χ2v) is 8.36. The van der Waals surface area contributed by atoms with E-state index in [9.17, 15) is 22.4 Å². The van der Waals surface area contributed by atoms with Gasteiger partial charge in [-0.15, -0.1) is 0 Å². The number of piperidine rings is 1. The minimum Gasteiger partial charge on any atom is -0.475 e. The molecule has 0 saturated carbocycles. The van der Waals surface area contributed by atoms with Crippen LogP contribution in [-0.2, 0) is 9.53 Å². The highest BCUT2D eigenvalue weighted by atomic mass is 35.5. The summed E-state index contributed by atoms with van der Waals surface area (Å²) in [4.78, 5) is 25.7. The first kappa shape index (κ1) is 25.4. The minimum atomic E-state index is -5.08. The van der Waals surface area contributed by atoms with E-state index in [0.717, 1.165) is 45.5 Å². The quantitative estimate of drug-likeness (QED) is 0.685. The molecule has 3 rings (SSSR count). The Labute approximate surface area is 182 Å². The summed E-state index contributed by atoms with van der Waals surface area (Å²) in [5.74, 6) is -3.32. The van der Waals surface area contributed by atoms with Crippen molar-refractivity contribution in [2.45, 2.75) is 31.5 Å². The van der Waals surface area contributed by atoms with E-state index in [-0.39, 0.29) is 16.3 Å². The maximum atomic E-state index is 13.3. The number of alkyl halides is 3. The Hall–Kier alpha value is -1.91. The average Bonchev–Trinajstić information content (AvgIpc) is 2.99. The lowest BCUT2D eigenvalue weighted by Gasteiger charge is -2.39. The SMILES string of the molecule is COCC1CC2(CCN(C(=O)c3ccc(F)c(Cl)c3)CC2)CN1C.O=C(O)C(F)(F)F. The van der Waals surface area contributed by atoms with E-state index in [0.29, 0.717) is 11.6 Å². The van der Waals surface area contributed by atoms with Gasteiger partial charge < -0.3 is 19.6 Å². The average molecular weight is 469 g/mol. The van der Waals surface area contributed by atoms with Crippen LogP contribution in [0.3, 0.4) is 0 Å². The standard InChI is InChI=1S/C18H24ClFN2O2.C2HF3O2/c1-21-12-18(10-14(21)11-24-2)5-7-22(8-6-18)17(23)13-3-4-16(20)15(19)9-13;3-2(4,5)1(6)7/h3-4,9,14H,5-8,10-12H2,1-2H3;(H,6,7). The molecule has 1 aromatic carbocycles. The van der Waals surface area contributed by atoms with Gasteiger partial charge in [-0.1, -0.05) is 11.6 Å². The lowest BCUT2D eigenvalue weighted by molar-refractivity contribution is -0.192. The van der Waals surface area contributed by atoms with Crippen molar-refractivity contribution in [3.63, 3.8) is 0 Å². The highest BCUT2D eigenvalue weighted by Crippen LogP contribution is 2.43. The summed E-state index contributed by atoms with van der Waals surface area (Å²) >= 11 is 5.79. The van der Waals surface area contributed by atoms with Gasteiger partial charge in [-0.2, -0.15) is 13.2 Å². The number of benzene rings is 1. The monoisotopic (exact) mass is 468 g/mol. The molecule has 6 nitrogen and oxygen atoms in total. The van der Waals surface area contributed by atoms with Crippen molar-refractivity contribution >= 4 is 23.5 Å². The molecule has 11 heteroatoms. The molecule has 1 unspecified atom stereocenters. The minimum absolute atomic E-state index is 0.00541. The topological polar surface area (TPSA) is 70.1 Å². The molecule has 1 N–H and O–H groups in total. The van der Waals surface area contributed by atoms with Gasteiger partial charge in [0.05, 0.1) is 11.6 Å². The number of nitrogens with zero attached hydrogens (tertiary/aromatic N) is 2. The van der Waals surface area contributed by atoms with Crippen LogP contribution in [0.1, 0.15) is 29.6 Å². The van der Waals surface area contributed by atoms with Crippen LogP contribution in [0.5, 0.6) is 0 Å². The van der Waals surface area contributed by atoms with E-state index in [1.165, 1.54) is 18.2 Å². The predicted octanol–water partition coefficient (Wildman–Crippen LogP) is 3.69. The molecule has 0 aliphatic carbocycles. The Morgan fingerprint density at radius 3 is 2.35 bits per heavy atom. The zero-order valence-electron chi connectivity index (χ0n) is 17.2. The molecular formula is C20H25ClF4N2O4. The lowest BCUT2D eigenvalue weighted by Crippen LogP contribution is -2.44. The van der Waals surface area contributed by atoms with Crippen LogP contribution in [0.25, 0.3) is 0 Å². The molecule has 2 fully saturated rings. The molecule has 2 saturated heterocycles. The molecule has 1 amide bonds. The van der Waals surface area contributed by atoms with Gasteiger partial charge in [0, 0.05) is 38.3 Å². The van der Waals surface area contributed by atoms with Crippen LogP contribution < -0.4 is 0 Å². The molecule has 31 heavy (non-hydrogen) atoms. The number of ether oxygens (including phenoxy) is 1. The van der Waals surface area contributed by atoms with Crippen LogP contribution >= 0.6 is 11.6 Å². The first-order chi connectivity index (χ1) is 14.4. The zero-order valence-corrected chi connectivity index (χ0v) is 18.0. The van der Waals surface area contributed by atoms with E-state index in [1.807, 2.05) is 4.90 Å². The molecule has 0 bridgehead atoms. The van der Waals surface area contributed by atoms with Gasteiger partial charge in [0.25, 0.3) is 5.91 Å². The molecule has 1 spiro atoms. The number of carbonyl (C=O) groups is 2. The number of carboxylic acids is 1. The molecule has 174 valence electrons. The van der Waals surface area contributed by atoms with E-state index >= 15 is 0 Å². The third-order valence-electron chi connectivity index (χ3n) is 5.76. The number of hydrogen-bond acceptors (Lipinski definition) is 4. The van der Waals surface area contributed by atoms with Crippen LogP contribution in [0.2, 0.25) is 5.02 Å². The van der Waals surface area contributed by atoms with Crippen molar-refractivity contribution in [2.24, 2.45) is 5.41 Å². The van der Waals surface area contributed by atoms with Gasteiger partial charge in [0.1, 0.15) is 5.82 Å². The summed E-state index contributed by atoms with van der Waals surface area (Å²) in [5.41, 5.74) is 0.743. The molecule has 1 atom stereocenters. The number of likely N-dealkylation sites (N-methyl/N-ethyl adjacent to an activating group) is 1. The fourth-order valence-corrected chi connectivity index (χ4v) is 4.30. The second kappa shape index (κ2) is 10.1. The van der Waals surface area contributed by atoms with Gasteiger partial charge in [0.15, 0.2) is 0 Å². The molecule has 0 radical (unpaired) electrons.